The van der Waals surface area contributed by atoms with Gasteiger partial charge in [0, 0.05) is 12.5 Å². The third kappa shape index (κ3) is 3.66. The number of nitrogens with zero attached hydrogens (tertiary/aromatic N) is 2. The number of aromatic nitrogens is 2. The van der Waals surface area contributed by atoms with Gasteiger partial charge in [-0.15, -0.1) is 10.2 Å². The molecule has 0 spiro atoms. The van der Waals surface area contributed by atoms with E-state index in [0.29, 0.717) is 23.3 Å². The summed E-state index contributed by atoms with van der Waals surface area (Å²) in [7, 11) is 0. The van der Waals surface area contributed by atoms with E-state index < -0.39 is 0 Å². The van der Waals surface area contributed by atoms with Crippen molar-refractivity contribution in [1.29, 1.82) is 0 Å². The van der Waals surface area contributed by atoms with E-state index in [1.54, 1.807) is 19.1 Å². The molecule has 1 amide bonds. The predicted octanol–water partition coefficient (Wildman–Crippen LogP) is 2.90. The first kappa shape index (κ1) is 14.2. The molecule has 20 heavy (non-hydrogen) atoms. The number of amides is 1. The molecule has 0 aliphatic rings. The molecule has 0 saturated carbocycles. The summed E-state index contributed by atoms with van der Waals surface area (Å²) in [6, 6.07) is 8.85. The van der Waals surface area contributed by atoms with Crippen molar-refractivity contribution in [3.05, 3.63) is 47.7 Å². The van der Waals surface area contributed by atoms with Gasteiger partial charge in [-0.05, 0) is 24.5 Å². The lowest BCUT2D eigenvalue weighted by Crippen LogP contribution is -2.29. The van der Waals surface area contributed by atoms with Crippen molar-refractivity contribution in [3.63, 3.8) is 0 Å². The lowest BCUT2D eigenvalue weighted by molar-refractivity contribution is 0.0924. The van der Waals surface area contributed by atoms with Gasteiger partial charge in [-0.25, -0.2) is 0 Å². The lowest BCUT2D eigenvalue weighted by atomic mass is 10.0. The molecule has 0 radical (unpaired) electrons. The molecule has 1 N–H and O–H groups in total. The number of nitrogens with one attached hydrogen (secondary N) is 1. The molecule has 106 valence electrons. The third-order valence-electron chi connectivity index (χ3n) is 2.89. The standard InChI is InChI=1S/C15H19N3O2/c1-10(2)9-13(15-18-17-11(3)20-15)16-14(19)12-7-5-4-6-8-12/h4-8,10,13H,9H2,1-3H3,(H,16,19). The maximum Gasteiger partial charge on any atom is 0.251 e. The first-order chi connectivity index (χ1) is 9.56. The molecule has 1 atom stereocenters. The van der Waals surface area contributed by atoms with Gasteiger partial charge >= 0.3 is 0 Å². The summed E-state index contributed by atoms with van der Waals surface area (Å²) < 4.78 is 5.45. The number of benzene rings is 1. The first-order valence-electron chi connectivity index (χ1n) is 6.72. The van der Waals surface area contributed by atoms with Crippen LogP contribution in [0.15, 0.2) is 34.7 Å². The summed E-state index contributed by atoms with van der Waals surface area (Å²) in [6.45, 7) is 5.91. The first-order valence-corrected chi connectivity index (χ1v) is 6.72. The molecule has 1 unspecified atom stereocenters. The van der Waals surface area contributed by atoms with Crippen LogP contribution in [0.4, 0.5) is 0 Å². The van der Waals surface area contributed by atoms with Gasteiger partial charge < -0.3 is 9.73 Å². The van der Waals surface area contributed by atoms with E-state index in [1.807, 2.05) is 18.2 Å². The Morgan fingerprint density at radius 1 is 1.25 bits per heavy atom. The van der Waals surface area contributed by atoms with Crippen LogP contribution in [0.5, 0.6) is 0 Å². The third-order valence-corrected chi connectivity index (χ3v) is 2.89. The predicted molar refractivity (Wildman–Crippen MR) is 75.1 cm³/mol. The summed E-state index contributed by atoms with van der Waals surface area (Å²) in [5.74, 6) is 1.23. The van der Waals surface area contributed by atoms with Gasteiger partial charge in [0.15, 0.2) is 0 Å². The zero-order valence-electron chi connectivity index (χ0n) is 12.0. The van der Waals surface area contributed by atoms with E-state index in [9.17, 15) is 4.79 Å². The second-order valence-corrected chi connectivity index (χ2v) is 5.18. The van der Waals surface area contributed by atoms with Crippen molar-refractivity contribution in [2.45, 2.75) is 33.2 Å². The quantitative estimate of drug-likeness (QED) is 0.909. The van der Waals surface area contributed by atoms with Crippen LogP contribution in [0, 0.1) is 12.8 Å². The van der Waals surface area contributed by atoms with E-state index in [1.165, 1.54) is 0 Å². The molecular weight excluding hydrogens is 254 g/mol. The highest BCUT2D eigenvalue weighted by molar-refractivity contribution is 5.94. The average molecular weight is 273 g/mol. The van der Waals surface area contributed by atoms with Gasteiger partial charge in [0.2, 0.25) is 11.8 Å². The molecule has 5 heteroatoms. The van der Waals surface area contributed by atoms with Crippen LogP contribution in [0.3, 0.4) is 0 Å². The fraction of sp³-hybridized carbons (Fsp3) is 0.400. The van der Waals surface area contributed by atoms with Crippen LogP contribution in [-0.2, 0) is 0 Å². The minimum atomic E-state index is -0.260. The number of carbonyl (C=O) groups excluding carboxylic acids is 1. The molecule has 1 aromatic heterocycles. The Labute approximate surface area is 118 Å². The van der Waals surface area contributed by atoms with Crippen molar-refractivity contribution in [1.82, 2.24) is 15.5 Å². The average Bonchev–Trinajstić information content (AvgIpc) is 2.85. The molecule has 1 aromatic carbocycles. The number of carbonyl (C=O) groups is 1. The zero-order chi connectivity index (χ0) is 14.5. The van der Waals surface area contributed by atoms with E-state index in [-0.39, 0.29) is 11.9 Å². The SMILES string of the molecule is Cc1nnc(C(CC(C)C)NC(=O)c2ccccc2)o1. The van der Waals surface area contributed by atoms with Gasteiger partial charge in [0.1, 0.15) is 6.04 Å². The molecule has 0 aliphatic carbocycles. The van der Waals surface area contributed by atoms with Gasteiger partial charge in [-0.2, -0.15) is 0 Å². The maximum atomic E-state index is 12.2. The fourth-order valence-corrected chi connectivity index (χ4v) is 1.98. The normalized spacial score (nSPS) is 12.4. The van der Waals surface area contributed by atoms with Crippen molar-refractivity contribution in [2.75, 3.05) is 0 Å². The van der Waals surface area contributed by atoms with E-state index in [2.05, 4.69) is 29.4 Å². The minimum Gasteiger partial charge on any atom is -0.423 e. The number of rotatable bonds is 5. The van der Waals surface area contributed by atoms with Crippen molar-refractivity contribution in [2.24, 2.45) is 5.92 Å². The van der Waals surface area contributed by atoms with Crippen molar-refractivity contribution < 1.29 is 9.21 Å². The van der Waals surface area contributed by atoms with E-state index in [4.69, 9.17) is 4.42 Å². The topological polar surface area (TPSA) is 68.0 Å². The highest BCUT2D eigenvalue weighted by Gasteiger charge is 2.22. The molecule has 0 saturated heterocycles. The zero-order valence-corrected chi connectivity index (χ0v) is 12.0. The summed E-state index contributed by atoms with van der Waals surface area (Å²) in [6.07, 6.45) is 0.750. The van der Waals surface area contributed by atoms with E-state index in [0.717, 1.165) is 6.42 Å². The summed E-state index contributed by atoms with van der Waals surface area (Å²) in [4.78, 5) is 12.2. The van der Waals surface area contributed by atoms with E-state index >= 15 is 0 Å². The Bertz CT molecular complexity index is 564. The number of hydrogen-bond donors (Lipinski definition) is 1. The Kier molecular flexibility index (Phi) is 4.50. The molecule has 0 aliphatic heterocycles. The van der Waals surface area contributed by atoms with Crippen LogP contribution in [0.2, 0.25) is 0 Å². The van der Waals surface area contributed by atoms with Crippen LogP contribution in [0.1, 0.15) is 48.4 Å². The second kappa shape index (κ2) is 6.32. The van der Waals surface area contributed by atoms with Crippen LogP contribution < -0.4 is 5.32 Å². The Balaban J connectivity index is 2.14. The van der Waals surface area contributed by atoms with Crippen LogP contribution in [-0.4, -0.2) is 16.1 Å². The summed E-state index contributed by atoms with van der Waals surface area (Å²) in [5.41, 5.74) is 0.623. The largest absolute Gasteiger partial charge is 0.423 e. The van der Waals surface area contributed by atoms with Gasteiger partial charge in [-0.1, -0.05) is 32.0 Å². The Morgan fingerprint density at radius 2 is 1.95 bits per heavy atom. The van der Waals surface area contributed by atoms with Crippen LogP contribution in [0.25, 0.3) is 0 Å². The Morgan fingerprint density at radius 3 is 2.50 bits per heavy atom. The maximum absolute atomic E-state index is 12.2. The monoisotopic (exact) mass is 273 g/mol. The summed E-state index contributed by atoms with van der Waals surface area (Å²) >= 11 is 0. The highest BCUT2D eigenvalue weighted by Crippen LogP contribution is 2.20. The molecule has 0 bridgehead atoms. The van der Waals surface area contributed by atoms with Gasteiger partial charge in [0.25, 0.3) is 5.91 Å². The van der Waals surface area contributed by atoms with Crippen molar-refractivity contribution in [3.8, 4) is 0 Å². The number of hydrogen-bond acceptors (Lipinski definition) is 4. The second-order valence-electron chi connectivity index (χ2n) is 5.18. The van der Waals surface area contributed by atoms with Crippen LogP contribution >= 0.6 is 0 Å². The molecule has 2 aromatic rings. The van der Waals surface area contributed by atoms with Crippen molar-refractivity contribution >= 4 is 5.91 Å². The molecule has 1 heterocycles. The molecule has 5 nitrogen and oxygen atoms in total. The van der Waals surface area contributed by atoms with Gasteiger partial charge in [0.05, 0.1) is 0 Å². The Hall–Kier alpha value is -2.17. The fourth-order valence-electron chi connectivity index (χ4n) is 1.98. The van der Waals surface area contributed by atoms with Gasteiger partial charge in [-0.3, -0.25) is 4.79 Å². The smallest absolute Gasteiger partial charge is 0.251 e. The summed E-state index contributed by atoms with van der Waals surface area (Å²) in [5, 5.41) is 10.8. The molecule has 2 rings (SSSR count). The lowest BCUT2D eigenvalue weighted by Gasteiger charge is -2.17. The number of aryl methyl sites for hydroxylation is 1. The minimum absolute atomic E-state index is 0.132. The molecule has 0 fully saturated rings. The molecular formula is C15H19N3O2. The highest BCUT2D eigenvalue weighted by atomic mass is 16.4.